The maximum atomic E-state index is 10.6. The van der Waals surface area contributed by atoms with Crippen molar-refractivity contribution in [2.75, 3.05) is 7.11 Å². The first kappa shape index (κ1) is 6.60. The third-order valence-electron chi connectivity index (χ3n) is 0.961. The molecule has 0 aliphatic carbocycles. The van der Waals surface area contributed by atoms with Gasteiger partial charge in [-0.25, -0.2) is 4.79 Å². The predicted molar refractivity (Wildman–Crippen MR) is 30.8 cm³/mol. The lowest BCUT2D eigenvalue weighted by molar-refractivity contribution is -0.119. The molecule has 0 aromatic heterocycles. The third kappa shape index (κ3) is 1.07. The van der Waals surface area contributed by atoms with Crippen LogP contribution in [0.5, 0.6) is 0 Å². The van der Waals surface area contributed by atoms with Gasteiger partial charge in [0.25, 0.3) is 0 Å². The Morgan fingerprint density at radius 2 is 2.30 bits per heavy atom. The van der Waals surface area contributed by atoms with Crippen molar-refractivity contribution < 1.29 is 14.3 Å². The summed E-state index contributed by atoms with van der Waals surface area (Å²) in [4.78, 5) is 21.0. The number of amides is 3. The van der Waals surface area contributed by atoms with Crippen molar-refractivity contribution in [3.05, 3.63) is 12.0 Å². The number of carbonyl (C=O) groups is 2. The molecular formula is C5H5N2O3. The molecule has 1 rings (SSSR count). The number of urea groups is 1. The van der Waals surface area contributed by atoms with E-state index in [2.05, 4.69) is 15.4 Å². The van der Waals surface area contributed by atoms with Crippen molar-refractivity contribution in [1.29, 1.82) is 0 Å². The summed E-state index contributed by atoms with van der Waals surface area (Å²) in [5, 5.41) is 5.25. The highest BCUT2D eigenvalue weighted by Crippen LogP contribution is 1.97. The first-order chi connectivity index (χ1) is 4.74. The topological polar surface area (TPSA) is 69.5 Å². The second kappa shape index (κ2) is 2.38. The normalized spacial score (nSPS) is 17.1. The van der Waals surface area contributed by atoms with Gasteiger partial charge in [0.1, 0.15) is 0 Å². The summed E-state index contributed by atoms with van der Waals surface area (Å²) < 4.78 is 4.55. The zero-order valence-corrected chi connectivity index (χ0v) is 5.25. The van der Waals surface area contributed by atoms with Crippen molar-refractivity contribution in [2.24, 2.45) is 0 Å². The molecule has 10 heavy (non-hydrogen) atoms. The van der Waals surface area contributed by atoms with Crippen molar-refractivity contribution in [3.8, 4) is 0 Å². The predicted octanol–water partition coefficient (Wildman–Crippen LogP) is -0.672. The highest BCUT2D eigenvalue weighted by Gasteiger charge is 2.20. The lowest BCUT2D eigenvalue weighted by Gasteiger charge is -2.08. The van der Waals surface area contributed by atoms with E-state index in [0.29, 0.717) is 0 Å². The lowest BCUT2D eigenvalue weighted by atomic mass is 10.4. The van der Waals surface area contributed by atoms with Gasteiger partial charge in [-0.1, -0.05) is 0 Å². The molecule has 5 nitrogen and oxygen atoms in total. The maximum absolute atomic E-state index is 10.6. The molecule has 0 bridgehead atoms. The van der Waals surface area contributed by atoms with Crippen LogP contribution in [0.1, 0.15) is 0 Å². The summed E-state index contributed by atoms with van der Waals surface area (Å²) in [6.07, 6.45) is 1.18. The SMILES string of the molecule is COC1=CNC(=O)[N]C1=O. The average molecular weight is 141 g/mol. The molecule has 3 amide bonds. The van der Waals surface area contributed by atoms with E-state index in [1.54, 1.807) is 0 Å². The Morgan fingerprint density at radius 1 is 1.60 bits per heavy atom. The van der Waals surface area contributed by atoms with Gasteiger partial charge in [-0.3, -0.25) is 4.79 Å². The van der Waals surface area contributed by atoms with Gasteiger partial charge in [0, 0.05) is 0 Å². The van der Waals surface area contributed by atoms with E-state index in [-0.39, 0.29) is 5.76 Å². The Labute approximate surface area is 57.0 Å². The van der Waals surface area contributed by atoms with Crippen LogP contribution in [-0.4, -0.2) is 19.0 Å². The summed E-state index contributed by atoms with van der Waals surface area (Å²) in [7, 11) is 1.33. The van der Waals surface area contributed by atoms with Gasteiger partial charge in [-0.15, -0.1) is 5.32 Å². The minimum Gasteiger partial charge on any atom is -0.490 e. The fourth-order valence-electron chi connectivity index (χ4n) is 0.515. The molecule has 53 valence electrons. The van der Waals surface area contributed by atoms with Crippen LogP contribution in [0.3, 0.4) is 0 Å². The number of rotatable bonds is 1. The van der Waals surface area contributed by atoms with Gasteiger partial charge in [-0.2, -0.15) is 0 Å². The van der Waals surface area contributed by atoms with E-state index < -0.39 is 11.9 Å². The number of carbonyl (C=O) groups excluding carboxylic acids is 2. The molecule has 1 radical (unpaired) electrons. The Hall–Kier alpha value is -1.52. The first-order valence-corrected chi connectivity index (χ1v) is 2.55. The van der Waals surface area contributed by atoms with Gasteiger partial charge in [0.2, 0.25) is 5.76 Å². The molecule has 0 aromatic carbocycles. The molecule has 0 aromatic rings. The standard InChI is InChI=1S/C5H5N2O3/c1-10-3-2-6-5(9)7-4(3)8/h2H,1H3,(H,6,9). The minimum atomic E-state index is -0.661. The second-order valence-corrected chi connectivity index (χ2v) is 1.58. The first-order valence-electron chi connectivity index (χ1n) is 2.55. The van der Waals surface area contributed by atoms with E-state index in [1.165, 1.54) is 13.3 Å². The van der Waals surface area contributed by atoms with E-state index in [9.17, 15) is 9.59 Å². The summed E-state index contributed by atoms with van der Waals surface area (Å²) in [5.41, 5.74) is 0. The third-order valence-corrected chi connectivity index (χ3v) is 0.961. The molecular weight excluding hydrogens is 136 g/mol. The summed E-state index contributed by atoms with van der Waals surface area (Å²) >= 11 is 0. The van der Waals surface area contributed by atoms with E-state index in [0.717, 1.165) is 0 Å². The van der Waals surface area contributed by atoms with Gasteiger partial charge in [0.05, 0.1) is 13.3 Å². The molecule has 1 heterocycles. The molecule has 0 saturated heterocycles. The van der Waals surface area contributed by atoms with Gasteiger partial charge >= 0.3 is 11.9 Å². The van der Waals surface area contributed by atoms with Crippen LogP contribution >= 0.6 is 0 Å². The summed E-state index contributed by atoms with van der Waals surface area (Å²) in [6.45, 7) is 0. The minimum absolute atomic E-state index is 0.0413. The van der Waals surface area contributed by atoms with Crippen LogP contribution in [0.25, 0.3) is 0 Å². The van der Waals surface area contributed by atoms with Gasteiger partial charge in [-0.05, 0) is 0 Å². The highest BCUT2D eigenvalue weighted by atomic mass is 16.5. The van der Waals surface area contributed by atoms with Gasteiger partial charge in [0.15, 0.2) is 0 Å². The van der Waals surface area contributed by atoms with Crippen LogP contribution in [0.2, 0.25) is 0 Å². The number of nitrogens with zero attached hydrogens (tertiary/aromatic N) is 1. The average Bonchev–Trinajstić information content (AvgIpc) is 1.88. The number of nitrogens with one attached hydrogen (secondary N) is 1. The zero-order chi connectivity index (χ0) is 7.56. The van der Waals surface area contributed by atoms with Crippen molar-refractivity contribution >= 4 is 11.9 Å². The largest absolute Gasteiger partial charge is 0.490 e. The van der Waals surface area contributed by atoms with E-state index in [1.807, 2.05) is 0 Å². The van der Waals surface area contributed by atoms with Crippen molar-refractivity contribution in [1.82, 2.24) is 10.6 Å². The van der Waals surface area contributed by atoms with E-state index in [4.69, 9.17) is 0 Å². The smallest absolute Gasteiger partial charge is 0.348 e. The maximum Gasteiger partial charge on any atom is 0.348 e. The van der Waals surface area contributed by atoms with Crippen LogP contribution in [0.15, 0.2) is 12.0 Å². The Balaban J connectivity index is 2.75. The fourth-order valence-corrected chi connectivity index (χ4v) is 0.515. The quantitative estimate of drug-likeness (QED) is 0.526. The summed E-state index contributed by atoms with van der Waals surface area (Å²) in [5.74, 6) is -0.606. The molecule has 0 unspecified atom stereocenters. The molecule has 1 aliphatic rings. The van der Waals surface area contributed by atoms with Crippen LogP contribution in [-0.2, 0) is 9.53 Å². The molecule has 1 aliphatic heterocycles. The molecule has 0 saturated carbocycles. The lowest BCUT2D eigenvalue weighted by Crippen LogP contribution is -2.37. The number of ether oxygens (including phenoxy) is 1. The highest BCUT2D eigenvalue weighted by molar-refractivity contribution is 6.04. The number of hydrogen-bond donors (Lipinski definition) is 1. The molecule has 0 spiro atoms. The molecule has 0 atom stereocenters. The van der Waals surface area contributed by atoms with Crippen LogP contribution < -0.4 is 10.6 Å². The summed E-state index contributed by atoms with van der Waals surface area (Å²) in [6, 6.07) is -0.661. The number of hydrogen-bond acceptors (Lipinski definition) is 3. The Kier molecular flexibility index (Phi) is 1.57. The Morgan fingerprint density at radius 3 is 2.80 bits per heavy atom. The monoisotopic (exact) mass is 141 g/mol. The Bertz CT molecular complexity index is 209. The zero-order valence-electron chi connectivity index (χ0n) is 5.25. The van der Waals surface area contributed by atoms with Crippen molar-refractivity contribution in [3.63, 3.8) is 0 Å². The number of imide groups is 1. The van der Waals surface area contributed by atoms with Gasteiger partial charge < -0.3 is 10.1 Å². The molecule has 5 heteroatoms. The van der Waals surface area contributed by atoms with Crippen LogP contribution in [0.4, 0.5) is 4.79 Å². The molecule has 1 N–H and O–H groups in total. The fraction of sp³-hybridized carbons (Fsp3) is 0.200. The molecule has 0 fully saturated rings. The number of methoxy groups -OCH3 is 1. The van der Waals surface area contributed by atoms with E-state index >= 15 is 0 Å². The van der Waals surface area contributed by atoms with Crippen LogP contribution in [0, 0.1) is 0 Å². The second-order valence-electron chi connectivity index (χ2n) is 1.58. The van der Waals surface area contributed by atoms with Crippen molar-refractivity contribution in [2.45, 2.75) is 0 Å².